The predicted octanol–water partition coefficient (Wildman–Crippen LogP) is 8.31. The highest BCUT2D eigenvalue weighted by Gasteiger charge is 2.05. The molecule has 0 heterocycles. The molecule has 0 bridgehead atoms. The smallest absolute Gasteiger partial charge is 0.330 e. The number of hydrogen-bond acceptors (Lipinski definition) is 12. The second-order valence-corrected chi connectivity index (χ2v) is 9.29. The van der Waals surface area contributed by atoms with Crippen molar-refractivity contribution in [1.29, 1.82) is 0 Å². The summed E-state index contributed by atoms with van der Waals surface area (Å²) in [4.78, 5) is 22.1. The van der Waals surface area contributed by atoms with Gasteiger partial charge in [0.05, 0.1) is 28.4 Å². The number of carbonyl (C=O) groups excluding carboxylic acids is 2. The Labute approximate surface area is 270 Å². The summed E-state index contributed by atoms with van der Waals surface area (Å²) in [6, 6.07) is 25.6. The number of azo groups is 2. The maximum absolute atomic E-state index is 14.4. The molecule has 0 saturated heterocycles. The Balaban J connectivity index is 1.19. The number of nitrogens with zero attached hydrogens (tertiary/aromatic N) is 4. The first-order valence-electron chi connectivity index (χ1n) is 14.2. The lowest BCUT2D eigenvalue weighted by Gasteiger charge is -2.10. The normalized spacial score (nSPS) is 10.7. The highest BCUT2D eigenvalue weighted by Crippen LogP contribution is 2.26. The second-order valence-electron chi connectivity index (χ2n) is 9.29. The van der Waals surface area contributed by atoms with Gasteiger partial charge in [-0.3, -0.25) is 0 Å². The molecule has 4 rings (SSSR count). The lowest BCUT2D eigenvalue weighted by atomic mass is 10.3. The van der Waals surface area contributed by atoms with Crippen LogP contribution in [0.25, 0.3) is 0 Å². The molecule has 12 nitrogen and oxygen atoms in total. The summed E-state index contributed by atoms with van der Waals surface area (Å²) in [5.74, 6) is -0.762. The molecule has 47 heavy (non-hydrogen) atoms. The van der Waals surface area contributed by atoms with E-state index < -0.39 is 17.8 Å². The number of esters is 2. The number of nitrogens with one attached hydrogen (secondary N) is 2. The minimum absolute atomic E-state index is 0.0176. The molecule has 0 saturated carbocycles. The summed E-state index contributed by atoms with van der Waals surface area (Å²) in [6.45, 7) is 7.08. The molecule has 0 spiro atoms. The van der Waals surface area contributed by atoms with E-state index in [1.807, 2.05) is 24.3 Å². The van der Waals surface area contributed by atoms with Crippen molar-refractivity contribution in [1.82, 2.24) is 0 Å². The monoisotopic (exact) mass is 638 g/mol. The SMILES string of the molecule is C=CC(=O)OCCOc1ccc(/N=N/c2ccc(NNc3ccc(/N=N/c4ccc(OCCOC(=O)C=C)cc4F)cc3)cc2)cc1. The van der Waals surface area contributed by atoms with Crippen LogP contribution in [0.15, 0.2) is 137 Å². The summed E-state index contributed by atoms with van der Waals surface area (Å²) in [5.41, 5.74) is 9.66. The van der Waals surface area contributed by atoms with E-state index >= 15 is 0 Å². The van der Waals surface area contributed by atoms with E-state index in [1.165, 1.54) is 12.1 Å². The molecule has 13 heteroatoms. The Kier molecular flexibility index (Phi) is 12.7. The zero-order valence-corrected chi connectivity index (χ0v) is 25.2. The summed E-state index contributed by atoms with van der Waals surface area (Å²) < 4.78 is 35.0. The topological polar surface area (TPSA) is 145 Å². The average Bonchev–Trinajstić information content (AvgIpc) is 3.11. The quantitative estimate of drug-likeness (QED) is 0.0386. The van der Waals surface area contributed by atoms with Gasteiger partial charge in [0.15, 0.2) is 5.82 Å². The molecule has 0 fully saturated rings. The Hall–Kier alpha value is -6.37. The first-order valence-corrected chi connectivity index (χ1v) is 14.2. The Bertz CT molecular complexity index is 1710. The molecule has 0 atom stereocenters. The molecular formula is C34H31FN6O6. The maximum Gasteiger partial charge on any atom is 0.330 e. The first kappa shape index (κ1) is 33.5. The van der Waals surface area contributed by atoms with Gasteiger partial charge in [-0.25, -0.2) is 14.0 Å². The third-order valence-electron chi connectivity index (χ3n) is 5.92. The molecule has 0 amide bonds. The van der Waals surface area contributed by atoms with E-state index in [0.717, 1.165) is 23.5 Å². The van der Waals surface area contributed by atoms with Gasteiger partial charge in [-0.2, -0.15) is 15.3 Å². The van der Waals surface area contributed by atoms with Gasteiger partial charge in [0.25, 0.3) is 0 Å². The van der Waals surface area contributed by atoms with Crippen molar-refractivity contribution in [3.05, 3.63) is 122 Å². The molecule has 2 N–H and O–H groups in total. The predicted molar refractivity (Wildman–Crippen MR) is 175 cm³/mol. The van der Waals surface area contributed by atoms with Crippen LogP contribution in [0, 0.1) is 5.82 Å². The van der Waals surface area contributed by atoms with E-state index in [-0.39, 0.29) is 37.9 Å². The third-order valence-corrected chi connectivity index (χ3v) is 5.92. The van der Waals surface area contributed by atoms with Gasteiger partial charge in [-0.15, -0.1) is 5.11 Å². The van der Waals surface area contributed by atoms with E-state index in [9.17, 15) is 14.0 Å². The molecule has 240 valence electrons. The molecular weight excluding hydrogens is 607 g/mol. The third kappa shape index (κ3) is 11.6. The molecule has 4 aromatic carbocycles. The summed E-state index contributed by atoms with van der Waals surface area (Å²) in [5, 5.41) is 16.6. The van der Waals surface area contributed by atoms with Gasteiger partial charge in [-0.1, -0.05) is 13.2 Å². The maximum atomic E-state index is 14.4. The highest BCUT2D eigenvalue weighted by molar-refractivity contribution is 5.81. The number of carbonyl (C=O) groups is 2. The summed E-state index contributed by atoms with van der Waals surface area (Å²) in [6.07, 6.45) is 2.15. The molecule has 0 aliphatic carbocycles. The number of benzene rings is 4. The van der Waals surface area contributed by atoms with Crippen LogP contribution in [0.1, 0.15) is 0 Å². The largest absolute Gasteiger partial charge is 0.490 e. The number of ether oxygens (including phenoxy) is 4. The molecule has 4 aromatic rings. The van der Waals surface area contributed by atoms with Crippen LogP contribution in [0.2, 0.25) is 0 Å². The van der Waals surface area contributed by atoms with Gasteiger partial charge in [-0.05, 0) is 84.9 Å². The van der Waals surface area contributed by atoms with Crippen LogP contribution in [-0.2, 0) is 19.1 Å². The Morgan fingerprint density at radius 3 is 1.49 bits per heavy atom. The van der Waals surface area contributed by atoms with Crippen LogP contribution in [0.4, 0.5) is 38.5 Å². The number of halogens is 1. The Morgan fingerprint density at radius 1 is 0.596 bits per heavy atom. The first-order chi connectivity index (χ1) is 22.9. The number of rotatable bonds is 17. The van der Waals surface area contributed by atoms with E-state index in [0.29, 0.717) is 22.8 Å². The van der Waals surface area contributed by atoms with Crippen molar-refractivity contribution >= 4 is 46.1 Å². The van der Waals surface area contributed by atoms with E-state index in [2.05, 4.69) is 44.5 Å². The number of hydrogen-bond donors (Lipinski definition) is 2. The Morgan fingerprint density at radius 2 is 1.02 bits per heavy atom. The fraction of sp³-hybridized carbons (Fsp3) is 0.118. The number of anilines is 2. The highest BCUT2D eigenvalue weighted by atomic mass is 19.1. The van der Waals surface area contributed by atoms with Gasteiger partial charge >= 0.3 is 11.9 Å². The standard InChI is InChI=1S/C34H31FN6O6/c1-3-33(42)46-21-19-44-29-15-13-28(14-16-29)39-38-25-7-5-24(6-8-25)36-37-26-9-11-27(12-10-26)40-41-32-18-17-30(23-31(32)35)45-20-22-47-34(43)4-2/h3-18,23,36-37H,1-2,19-22H2/b39-38+,41-40+. The van der Waals surface area contributed by atoms with Crippen LogP contribution < -0.4 is 20.3 Å². The van der Waals surface area contributed by atoms with Crippen LogP contribution >= 0.6 is 0 Å². The van der Waals surface area contributed by atoms with Gasteiger partial charge in [0, 0.05) is 18.2 Å². The van der Waals surface area contributed by atoms with Crippen molar-refractivity contribution in [3.8, 4) is 11.5 Å². The fourth-order valence-electron chi connectivity index (χ4n) is 3.58. The fourth-order valence-corrected chi connectivity index (χ4v) is 3.58. The molecule has 0 aliphatic rings. The minimum Gasteiger partial charge on any atom is -0.490 e. The lowest BCUT2D eigenvalue weighted by Crippen LogP contribution is -2.10. The zero-order chi connectivity index (χ0) is 33.3. The van der Waals surface area contributed by atoms with Crippen molar-refractivity contribution < 1.29 is 32.9 Å². The molecule has 0 radical (unpaired) electrons. The number of hydrazine groups is 1. The van der Waals surface area contributed by atoms with Gasteiger partial charge < -0.3 is 29.8 Å². The minimum atomic E-state index is -0.605. The zero-order valence-electron chi connectivity index (χ0n) is 25.2. The molecule has 0 aromatic heterocycles. The van der Waals surface area contributed by atoms with Gasteiger partial charge in [0.2, 0.25) is 0 Å². The lowest BCUT2D eigenvalue weighted by molar-refractivity contribution is -0.139. The van der Waals surface area contributed by atoms with Gasteiger partial charge in [0.1, 0.15) is 43.6 Å². The van der Waals surface area contributed by atoms with Crippen LogP contribution in [-0.4, -0.2) is 38.4 Å². The van der Waals surface area contributed by atoms with Crippen LogP contribution in [0.3, 0.4) is 0 Å². The van der Waals surface area contributed by atoms with E-state index in [4.69, 9.17) is 18.9 Å². The van der Waals surface area contributed by atoms with Crippen molar-refractivity contribution in [2.45, 2.75) is 0 Å². The van der Waals surface area contributed by atoms with Crippen molar-refractivity contribution in [2.75, 3.05) is 37.3 Å². The van der Waals surface area contributed by atoms with Crippen molar-refractivity contribution in [2.24, 2.45) is 20.5 Å². The van der Waals surface area contributed by atoms with Crippen molar-refractivity contribution in [3.63, 3.8) is 0 Å². The van der Waals surface area contributed by atoms with E-state index in [1.54, 1.807) is 54.6 Å². The summed E-state index contributed by atoms with van der Waals surface area (Å²) in [7, 11) is 0. The molecule has 0 unspecified atom stereocenters. The van der Waals surface area contributed by atoms with Crippen LogP contribution in [0.5, 0.6) is 11.5 Å². The molecule has 0 aliphatic heterocycles. The summed E-state index contributed by atoms with van der Waals surface area (Å²) >= 11 is 0. The second kappa shape index (κ2) is 17.8. The average molecular weight is 639 g/mol.